The summed E-state index contributed by atoms with van der Waals surface area (Å²) in [5.41, 5.74) is 0.790. The Morgan fingerprint density at radius 3 is 2.45 bits per heavy atom. The van der Waals surface area contributed by atoms with Gasteiger partial charge in [0.2, 0.25) is 0 Å². The molecule has 20 heavy (non-hydrogen) atoms. The standard InChI is InChI=1S/C16H23NO3/c1-5-13(18)11-17(16(2,3)4)9-8-12-6-7-14(19)15(20)10-12/h5-7,10,19-20H,1,8-9,11H2,2-4H3. The lowest BCUT2D eigenvalue weighted by Gasteiger charge is -2.35. The normalized spacial score (nSPS) is 11.6. The number of hydrogen-bond acceptors (Lipinski definition) is 4. The zero-order valence-corrected chi connectivity index (χ0v) is 12.4. The van der Waals surface area contributed by atoms with E-state index in [9.17, 15) is 15.0 Å². The lowest BCUT2D eigenvalue weighted by molar-refractivity contribution is -0.116. The zero-order valence-electron chi connectivity index (χ0n) is 12.4. The monoisotopic (exact) mass is 277 g/mol. The molecular formula is C16H23NO3. The molecule has 0 aliphatic carbocycles. The molecule has 0 saturated heterocycles. The van der Waals surface area contributed by atoms with Gasteiger partial charge in [0, 0.05) is 12.1 Å². The molecule has 0 saturated carbocycles. The van der Waals surface area contributed by atoms with E-state index in [2.05, 4.69) is 32.3 Å². The van der Waals surface area contributed by atoms with Crippen LogP contribution >= 0.6 is 0 Å². The van der Waals surface area contributed by atoms with Gasteiger partial charge in [-0.3, -0.25) is 9.69 Å². The van der Waals surface area contributed by atoms with Crippen LogP contribution in [-0.2, 0) is 11.2 Å². The molecule has 0 aromatic heterocycles. The van der Waals surface area contributed by atoms with E-state index in [0.717, 1.165) is 5.56 Å². The summed E-state index contributed by atoms with van der Waals surface area (Å²) < 4.78 is 0. The second-order valence-corrected chi connectivity index (χ2v) is 5.84. The molecule has 0 fully saturated rings. The van der Waals surface area contributed by atoms with Crippen molar-refractivity contribution in [3.8, 4) is 11.5 Å². The number of hydrogen-bond donors (Lipinski definition) is 2. The highest BCUT2D eigenvalue weighted by atomic mass is 16.3. The number of phenols is 2. The molecule has 1 rings (SSSR count). The number of phenolic OH excluding ortho intramolecular Hbond substituents is 2. The SMILES string of the molecule is C=CC(=O)CN(CCc1ccc(O)c(O)c1)C(C)(C)C. The van der Waals surface area contributed by atoms with Crippen molar-refractivity contribution in [2.45, 2.75) is 32.7 Å². The number of carbonyl (C=O) groups is 1. The molecule has 2 N–H and O–H groups in total. The Bertz CT molecular complexity index is 489. The minimum atomic E-state index is -0.127. The summed E-state index contributed by atoms with van der Waals surface area (Å²) in [6.07, 6.45) is 2.03. The van der Waals surface area contributed by atoms with E-state index in [1.165, 1.54) is 12.1 Å². The fourth-order valence-electron chi connectivity index (χ4n) is 1.89. The van der Waals surface area contributed by atoms with Gasteiger partial charge in [0.1, 0.15) is 0 Å². The number of nitrogens with zero attached hydrogens (tertiary/aromatic N) is 1. The molecule has 4 heteroatoms. The first-order valence-electron chi connectivity index (χ1n) is 6.65. The molecule has 0 unspecified atom stereocenters. The van der Waals surface area contributed by atoms with Crippen molar-refractivity contribution in [3.05, 3.63) is 36.4 Å². The summed E-state index contributed by atoms with van der Waals surface area (Å²) in [5.74, 6) is -0.247. The molecule has 0 aliphatic heterocycles. The van der Waals surface area contributed by atoms with E-state index in [1.54, 1.807) is 12.1 Å². The number of benzene rings is 1. The summed E-state index contributed by atoms with van der Waals surface area (Å²) in [5, 5.41) is 18.8. The fourth-order valence-corrected chi connectivity index (χ4v) is 1.89. The highest BCUT2D eigenvalue weighted by molar-refractivity contribution is 5.90. The van der Waals surface area contributed by atoms with Crippen molar-refractivity contribution in [1.82, 2.24) is 4.90 Å². The third-order valence-electron chi connectivity index (χ3n) is 3.23. The molecule has 1 aromatic carbocycles. The van der Waals surface area contributed by atoms with Crippen LogP contribution in [0, 0.1) is 0 Å². The van der Waals surface area contributed by atoms with Crippen LogP contribution in [0.4, 0.5) is 0 Å². The van der Waals surface area contributed by atoms with Crippen LogP contribution in [0.15, 0.2) is 30.9 Å². The van der Waals surface area contributed by atoms with Gasteiger partial charge in [0.15, 0.2) is 17.3 Å². The van der Waals surface area contributed by atoms with Crippen LogP contribution in [0.25, 0.3) is 0 Å². The minimum absolute atomic E-state index is 0.00604. The van der Waals surface area contributed by atoms with Gasteiger partial charge in [0.25, 0.3) is 0 Å². The Morgan fingerprint density at radius 1 is 1.30 bits per heavy atom. The molecule has 1 aromatic rings. The second kappa shape index (κ2) is 6.57. The Hall–Kier alpha value is -1.81. The molecular weight excluding hydrogens is 254 g/mol. The van der Waals surface area contributed by atoms with Crippen LogP contribution in [0.2, 0.25) is 0 Å². The third-order valence-corrected chi connectivity index (χ3v) is 3.23. The molecule has 0 heterocycles. The summed E-state index contributed by atoms with van der Waals surface area (Å²) >= 11 is 0. The first-order valence-corrected chi connectivity index (χ1v) is 6.65. The van der Waals surface area contributed by atoms with Crippen LogP contribution < -0.4 is 0 Å². The van der Waals surface area contributed by atoms with E-state index in [-0.39, 0.29) is 22.8 Å². The number of aromatic hydroxyl groups is 2. The van der Waals surface area contributed by atoms with E-state index >= 15 is 0 Å². The maximum atomic E-state index is 11.5. The molecule has 110 valence electrons. The highest BCUT2D eigenvalue weighted by Crippen LogP contribution is 2.25. The van der Waals surface area contributed by atoms with Gasteiger partial charge in [0.05, 0.1) is 6.54 Å². The van der Waals surface area contributed by atoms with E-state index in [4.69, 9.17) is 0 Å². The quantitative estimate of drug-likeness (QED) is 0.619. The second-order valence-electron chi connectivity index (χ2n) is 5.84. The van der Waals surface area contributed by atoms with Crippen LogP contribution in [-0.4, -0.2) is 39.5 Å². The van der Waals surface area contributed by atoms with Gasteiger partial charge < -0.3 is 10.2 Å². The Morgan fingerprint density at radius 2 is 1.95 bits per heavy atom. The van der Waals surface area contributed by atoms with Crippen molar-refractivity contribution in [2.75, 3.05) is 13.1 Å². The number of carbonyl (C=O) groups excluding carboxylic acids is 1. The zero-order chi connectivity index (χ0) is 15.3. The average molecular weight is 277 g/mol. The maximum Gasteiger partial charge on any atom is 0.169 e. The van der Waals surface area contributed by atoms with Crippen molar-refractivity contribution in [2.24, 2.45) is 0 Å². The molecule has 0 atom stereocenters. The lowest BCUT2D eigenvalue weighted by atomic mass is 10.0. The molecule has 0 radical (unpaired) electrons. The van der Waals surface area contributed by atoms with Gasteiger partial charge in [-0.05, 0) is 51.0 Å². The molecule has 4 nitrogen and oxygen atoms in total. The van der Waals surface area contributed by atoms with Crippen LogP contribution in [0.3, 0.4) is 0 Å². The van der Waals surface area contributed by atoms with E-state index in [1.807, 2.05) is 0 Å². The van der Waals surface area contributed by atoms with E-state index in [0.29, 0.717) is 19.5 Å². The lowest BCUT2D eigenvalue weighted by Crippen LogP contribution is -2.45. The van der Waals surface area contributed by atoms with Crippen molar-refractivity contribution < 1.29 is 15.0 Å². The smallest absolute Gasteiger partial charge is 0.169 e. The highest BCUT2D eigenvalue weighted by Gasteiger charge is 2.22. The summed E-state index contributed by atoms with van der Waals surface area (Å²) in [6, 6.07) is 4.79. The van der Waals surface area contributed by atoms with Gasteiger partial charge in [-0.25, -0.2) is 0 Å². The maximum absolute atomic E-state index is 11.5. The Balaban J connectivity index is 2.73. The van der Waals surface area contributed by atoms with Crippen molar-refractivity contribution in [1.29, 1.82) is 0 Å². The van der Waals surface area contributed by atoms with Crippen LogP contribution in [0.1, 0.15) is 26.3 Å². The van der Waals surface area contributed by atoms with Gasteiger partial charge >= 0.3 is 0 Å². The molecule has 0 spiro atoms. The predicted octanol–water partition coefficient (Wildman–Crippen LogP) is 2.50. The minimum Gasteiger partial charge on any atom is -0.504 e. The summed E-state index contributed by atoms with van der Waals surface area (Å²) in [4.78, 5) is 13.6. The molecule has 0 amide bonds. The fraction of sp³-hybridized carbons (Fsp3) is 0.438. The number of rotatable bonds is 6. The molecule has 0 bridgehead atoms. The average Bonchev–Trinajstić information content (AvgIpc) is 2.36. The van der Waals surface area contributed by atoms with Gasteiger partial charge in [-0.15, -0.1) is 0 Å². The van der Waals surface area contributed by atoms with Gasteiger partial charge in [-0.2, -0.15) is 0 Å². The summed E-state index contributed by atoms with van der Waals surface area (Å²) in [6.45, 7) is 10.7. The van der Waals surface area contributed by atoms with Crippen molar-refractivity contribution in [3.63, 3.8) is 0 Å². The van der Waals surface area contributed by atoms with Crippen LogP contribution in [0.5, 0.6) is 11.5 Å². The van der Waals surface area contributed by atoms with Crippen molar-refractivity contribution >= 4 is 5.78 Å². The first kappa shape index (κ1) is 16.2. The number of ketones is 1. The topological polar surface area (TPSA) is 60.8 Å². The van der Waals surface area contributed by atoms with Gasteiger partial charge in [-0.1, -0.05) is 12.6 Å². The largest absolute Gasteiger partial charge is 0.504 e. The molecule has 0 aliphatic rings. The Kier molecular flexibility index (Phi) is 5.34. The first-order chi connectivity index (χ1) is 9.24. The Labute approximate surface area is 120 Å². The third kappa shape index (κ3) is 4.70. The predicted molar refractivity (Wildman–Crippen MR) is 80.0 cm³/mol. The van der Waals surface area contributed by atoms with E-state index < -0.39 is 0 Å². The summed E-state index contributed by atoms with van der Waals surface area (Å²) in [7, 11) is 0.